The first kappa shape index (κ1) is 18.3. The Morgan fingerprint density at radius 2 is 1.09 bits per heavy atom. The van der Waals surface area contributed by atoms with Gasteiger partial charge in [-0.25, -0.2) is 0 Å². The van der Waals surface area contributed by atoms with E-state index in [1.807, 2.05) is 13.8 Å². The van der Waals surface area contributed by atoms with Crippen molar-refractivity contribution < 1.29 is 19.1 Å². The van der Waals surface area contributed by atoms with E-state index < -0.39 is 0 Å². The fraction of sp³-hybridized carbons (Fsp3) is 0.895. The van der Waals surface area contributed by atoms with Crippen LogP contribution >= 0.6 is 0 Å². The van der Waals surface area contributed by atoms with E-state index in [2.05, 4.69) is 0 Å². The quantitative estimate of drug-likeness (QED) is 0.680. The van der Waals surface area contributed by atoms with Gasteiger partial charge in [0.25, 0.3) is 0 Å². The number of hydrogen-bond acceptors (Lipinski definition) is 4. The predicted molar refractivity (Wildman–Crippen MR) is 88.9 cm³/mol. The van der Waals surface area contributed by atoms with Crippen LogP contribution in [0.1, 0.15) is 84.5 Å². The molecule has 23 heavy (non-hydrogen) atoms. The number of carbonyl (C=O) groups is 2. The number of hydrogen-bond donors (Lipinski definition) is 0. The molecular weight excluding hydrogens is 292 g/mol. The van der Waals surface area contributed by atoms with Crippen molar-refractivity contribution in [3.8, 4) is 0 Å². The van der Waals surface area contributed by atoms with Gasteiger partial charge in [0.1, 0.15) is 12.2 Å². The Labute approximate surface area is 140 Å². The van der Waals surface area contributed by atoms with Gasteiger partial charge in [0.15, 0.2) is 0 Å². The minimum Gasteiger partial charge on any atom is -0.462 e. The molecule has 4 nitrogen and oxygen atoms in total. The van der Waals surface area contributed by atoms with Crippen LogP contribution in [-0.4, -0.2) is 24.1 Å². The molecule has 2 aliphatic carbocycles. The minimum absolute atomic E-state index is 0.0863. The molecule has 0 heterocycles. The Hall–Kier alpha value is -1.06. The molecule has 0 bridgehead atoms. The SMILES string of the molecule is CC(CC(C)C(=O)OC1CCCCC1)C(=O)OC1CCCCC1. The lowest BCUT2D eigenvalue weighted by atomic mass is 9.95. The lowest BCUT2D eigenvalue weighted by molar-refractivity contribution is -0.159. The van der Waals surface area contributed by atoms with E-state index in [0.717, 1.165) is 51.4 Å². The number of esters is 2. The average Bonchev–Trinajstić information content (AvgIpc) is 2.56. The Bertz CT molecular complexity index is 345. The summed E-state index contributed by atoms with van der Waals surface area (Å²) in [6.45, 7) is 3.71. The van der Waals surface area contributed by atoms with Crippen LogP contribution in [-0.2, 0) is 19.1 Å². The summed E-state index contributed by atoms with van der Waals surface area (Å²) in [4.78, 5) is 24.4. The monoisotopic (exact) mass is 324 g/mol. The van der Waals surface area contributed by atoms with Crippen LogP contribution in [0, 0.1) is 11.8 Å². The van der Waals surface area contributed by atoms with Crippen LogP contribution in [0.4, 0.5) is 0 Å². The first-order valence-electron chi connectivity index (χ1n) is 9.47. The largest absolute Gasteiger partial charge is 0.462 e. The van der Waals surface area contributed by atoms with Crippen LogP contribution < -0.4 is 0 Å². The fourth-order valence-electron chi connectivity index (χ4n) is 3.65. The molecule has 132 valence electrons. The topological polar surface area (TPSA) is 52.6 Å². The number of ether oxygens (including phenoxy) is 2. The Morgan fingerprint density at radius 3 is 1.43 bits per heavy atom. The van der Waals surface area contributed by atoms with Gasteiger partial charge in [0.2, 0.25) is 0 Å². The maximum absolute atomic E-state index is 12.2. The van der Waals surface area contributed by atoms with E-state index in [0.29, 0.717) is 6.42 Å². The smallest absolute Gasteiger partial charge is 0.308 e. The van der Waals surface area contributed by atoms with Crippen molar-refractivity contribution in [2.75, 3.05) is 0 Å². The van der Waals surface area contributed by atoms with Crippen molar-refractivity contribution in [3.63, 3.8) is 0 Å². The molecule has 0 aromatic heterocycles. The number of rotatable bonds is 6. The van der Waals surface area contributed by atoms with Gasteiger partial charge in [0.05, 0.1) is 11.8 Å². The van der Waals surface area contributed by atoms with Gasteiger partial charge in [-0.05, 0) is 57.8 Å². The van der Waals surface area contributed by atoms with Crippen molar-refractivity contribution in [1.82, 2.24) is 0 Å². The molecule has 2 fully saturated rings. The molecule has 0 aromatic rings. The molecule has 0 saturated heterocycles. The summed E-state index contributed by atoms with van der Waals surface area (Å²) in [5, 5.41) is 0. The van der Waals surface area contributed by atoms with Crippen molar-refractivity contribution >= 4 is 11.9 Å². The van der Waals surface area contributed by atoms with E-state index >= 15 is 0 Å². The number of carbonyl (C=O) groups excluding carboxylic acids is 2. The van der Waals surface area contributed by atoms with E-state index in [1.165, 1.54) is 12.8 Å². The molecule has 2 rings (SSSR count). The normalized spacial score (nSPS) is 23.0. The maximum atomic E-state index is 12.2. The molecule has 2 saturated carbocycles. The highest BCUT2D eigenvalue weighted by Gasteiger charge is 2.27. The van der Waals surface area contributed by atoms with Gasteiger partial charge in [-0.1, -0.05) is 26.7 Å². The van der Waals surface area contributed by atoms with Crippen LogP contribution in [0.3, 0.4) is 0 Å². The highest BCUT2D eigenvalue weighted by atomic mass is 16.5. The van der Waals surface area contributed by atoms with Crippen LogP contribution in [0.5, 0.6) is 0 Å². The molecule has 0 amide bonds. The van der Waals surface area contributed by atoms with Crippen molar-refractivity contribution in [1.29, 1.82) is 0 Å². The standard InChI is InChI=1S/C19H32O4/c1-14(18(20)22-16-9-5-3-6-10-16)13-15(2)19(21)23-17-11-7-4-8-12-17/h14-17H,3-13H2,1-2H3. The summed E-state index contributed by atoms with van der Waals surface area (Å²) in [7, 11) is 0. The zero-order valence-corrected chi connectivity index (χ0v) is 14.7. The zero-order valence-electron chi connectivity index (χ0n) is 14.7. The molecule has 0 aliphatic heterocycles. The van der Waals surface area contributed by atoms with Gasteiger partial charge in [-0.15, -0.1) is 0 Å². The molecule has 4 heteroatoms. The molecule has 0 N–H and O–H groups in total. The first-order chi connectivity index (χ1) is 11.1. The van der Waals surface area contributed by atoms with E-state index in [4.69, 9.17) is 9.47 Å². The summed E-state index contributed by atoms with van der Waals surface area (Å²) in [6, 6.07) is 0. The lowest BCUT2D eigenvalue weighted by Crippen LogP contribution is -2.29. The average molecular weight is 324 g/mol. The Balaban J connectivity index is 1.70. The summed E-state index contributed by atoms with van der Waals surface area (Å²) in [5.41, 5.74) is 0. The highest BCUT2D eigenvalue weighted by Crippen LogP contribution is 2.25. The van der Waals surface area contributed by atoms with Gasteiger partial charge in [-0.2, -0.15) is 0 Å². The van der Waals surface area contributed by atoms with Crippen molar-refractivity contribution in [3.05, 3.63) is 0 Å². The first-order valence-corrected chi connectivity index (χ1v) is 9.47. The third-order valence-electron chi connectivity index (χ3n) is 5.18. The van der Waals surface area contributed by atoms with E-state index in [-0.39, 0.29) is 36.0 Å². The fourth-order valence-corrected chi connectivity index (χ4v) is 3.65. The Morgan fingerprint density at radius 1 is 0.739 bits per heavy atom. The molecule has 2 aliphatic rings. The van der Waals surface area contributed by atoms with Gasteiger partial charge < -0.3 is 9.47 Å². The van der Waals surface area contributed by atoms with Gasteiger partial charge in [-0.3, -0.25) is 9.59 Å². The molecule has 2 unspecified atom stereocenters. The van der Waals surface area contributed by atoms with Crippen LogP contribution in [0.15, 0.2) is 0 Å². The second-order valence-electron chi connectivity index (χ2n) is 7.43. The third kappa shape index (κ3) is 6.15. The summed E-state index contributed by atoms with van der Waals surface area (Å²) in [6.07, 6.45) is 11.7. The molecule has 0 radical (unpaired) electrons. The van der Waals surface area contributed by atoms with Gasteiger partial charge >= 0.3 is 11.9 Å². The Kier molecular flexibility index (Phi) is 7.38. The van der Waals surface area contributed by atoms with E-state index in [1.54, 1.807) is 0 Å². The lowest BCUT2D eigenvalue weighted by Gasteiger charge is -2.25. The zero-order chi connectivity index (χ0) is 16.7. The summed E-state index contributed by atoms with van der Waals surface area (Å²) >= 11 is 0. The highest BCUT2D eigenvalue weighted by molar-refractivity contribution is 5.75. The molecule has 2 atom stereocenters. The summed E-state index contributed by atoms with van der Waals surface area (Å²) < 4.78 is 11.2. The molecule has 0 spiro atoms. The van der Waals surface area contributed by atoms with Crippen LogP contribution in [0.25, 0.3) is 0 Å². The minimum atomic E-state index is -0.245. The summed E-state index contributed by atoms with van der Waals surface area (Å²) in [5.74, 6) is -0.805. The van der Waals surface area contributed by atoms with Crippen LogP contribution in [0.2, 0.25) is 0 Å². The molecule has 0 aromatic carbocycles. The predicted octanol–water partition coefficient (Wildman–Crippen LogP) is 4.40. The second-order valence-corrected chi connectivity index (χ2v) is 7.43. The molecular formula is C19H32O4. The van der Waals surface area contributed by atoms with Crippen molar-refractivity contribution in [2.45, 2.75) is 96.7 Å². The van der Waals surface area contributed by atoms with E-state index in [9.17, 15) is 9.59 Å². The van der Waals surface area contributed by atoms with Gasteiger partial charge in [0, 0.05) is 0 Å². The van der Waals surface area contributed by atoms with Crippen molar-refractivity contribution in [2.24, 2.45) is 11.8 Å². The maximum Gasteiger partial charge on any atom is 0.308 e. The second kappa shape index (κ2) is 9.29. The third-order valence-corrected chi connectivity index (χ3v) is 5.18.